The quantitative estimate of drug-likeness (QED) is 0.294. The minimum atomic E-state index is 0. The van der Waals surface area contributed by atoms with Crippen LogP contribution in [0.25, 0.3) is 0 Å². The second kappa shape index (κ2) is 13.3. The molecule has 1 aliphatic rings. The fraction of sp³-hybridized carbons (Fsp3) is 0.458. The SMILES string of the molecule is CCNC(=NCC1CC(=O)N(CCc2ccccc2)C1)NCCc1ccncc1C.I. The number of pyridine rings is 1. The van der Waals surface area contributed by atoms with Gasteiger partial charge in [-0.1, -0.05) is 30.3 Å². The maximum Gasteiger partial charge on any atom is 0.223 e. The average Bonchev–Trinajstić information content (AvgIpc) is 3.12. The topological polar surface area (TPSA) is 69.6 Å². The molecule has 7 heteroatoms. The number of hydrogen-bond donors (Lipinski definition) is 2. The van der Waals surface area contributed by atoms with Gasteiger partial charge in [-0.05, 0) is 49.4 Å². The molecule has 1 fully saturated rings. The first-order valence-corrected chi connectivity index (χ1v) is 10.9. The van der Waals surface area contributed by atoms with Crippen LogP contribution in [-0.4, -0.2) is 54.5 Å². The number of likely N-dealkylation sites (tertiary alicyclic amines) is 1. The molecule has 1 aromatic heterocycles. The standard InChI is InChI=1S/C24H33N5O.HI/c1-3-26-24(27-13-10-22-9-12-25-16-19(22)2)28-17-21-15-23(30)29(18-21)14-11-20-7-5-4-6-8-20;/h4-9,12,16,21H,3,10-11,13-15,17-18H2,1-2H3,(H2,26,27,28);1H. The van der Waals surface area contributed by atoms with Gasteiger partial charge in [0.2, 0.25) is 5.91 Å². The van der Waals surface area contributed by atoms with Crippen molar-refractivity contribution in [3.8, 4) is 0 Å². The van der Waals surface area contributed by atoms with Crippen molar-refractivity contribution in [2.75, 3.05) is 32.7 Å². The van der Waals surface area contributed by atoms with Gasteiger partial charge >= 0.3 is 0 Å². The van der Waals surface area contributed by atoms with Crippen LogP contribution in [0.3, 0.4) is 0 Å². The van der Waals surface area contributed by atoms with Gasteiger partial charge in [0.1, 0.15) is 0 Å². The molecule has 1 aromatic carbocycles. The van der Waals surface area contributed by atoms with Gasteiger partial charge in [0.25, 0.3) is 0 Å². The molecular weight excluding hydrogens is 501 g/mol. The van der Waals surface area contributed by atoms with E-state index in [2.05, 4.69) is 47.7 Å². The van der Waals surface area contributed by atoms with Gasteiger partial charge in [0.15, 0.2) is 5.96 Å². The van der Waals surface area contributed by atoms with Crippen molar-refractivity contribution in [2.45, 2.75) is 33.1 Å². The van der Waals surface area contributed by atoms with Gasteiger partial charge in [0, 0.05) is 57.5 Å². The predicted octanol–water partition coefficient (Wildman–Crippen LogP) is 3.20. The van der Waals surface area contributed by atoms with Gasteiger partial charge in [-0.3, -0.25) is 14.8 Å². The minimum Gasteiger partial charge on any atom is -0.357 e. The highest BCUT2D eigenvalue weighted by atomic mass is 127. The first-order chi connectivity index (χ1) is 14.7. The van der Waals surface area contributed by atoms with E-state index in [9.17, 15) is 4.79 Å². The van der Waals surface area contributed by atoms with Crippen LogP contribution in [0.1, 0.15) is 30.0 Å². The van der Waals surface area contributed by atoms with E-state index in [1.165, 1.54) is 16.7 Å². The van der Waals surface area contributed by atoms with Gasteiger partial charge in [-0.25, -0.2) is 0 Å². The molecule has 2 N–H and O–H groups in total. The lowest BCUT2D eigenvalue weighted by Crippen LogP contribution is -2.38. The molecule has 0 spiro atoms. The first kappa shape index (κ1) is 25.1. The molecule has 1 aliphatic heterocycles. The molecule has 1 amide bonds. The highest BCUT2D eigenvalue weighted by molar-refractivity contribution is 14.0. The highest BCUT2D eigenvalue weighted by Gasteiger charge is 2.28. The van der Waals surface area contributed by atoms with Gasteiger partial charge in [0.05, 0.1) is 0 Å². The lowest BCUT2D eigenvalue weighted by Gasteiger charge is -2.16. The Morgan fingerprint density at radius 3 is 2.74 bits per heavy atom. The summed E-state index contributed by atoms with van der Waals surface area (Å²) in [7, 11) is 0. The summed E-state index contributed by atoms with van der Waals surface area (Å²) in [6.45, 7) is 8.02. The van der Waals surface area contributed by atoms with Gasteiger partial charge in [-0.15, -0.1) is 24.0 Å². The largest absolute Gasteiger partial charge is 0.357 e. The fourth-order valence-electron chi connectivity index (χ4n) is 3.76. The number of carbonyl (C=O) groups is 1. The molecule has 0 radical (unpaired) electrons. The van der Waals surface area contributed by atoms with E-state index in [-0.39, 0.29) is 35.8 Å². The van der Waals surface area contributed by atoms with Crippen molar-refractivity contribution in [3.63, 3.8) is 0 Å². The number of hydrogen-bond acceptors (Lipinski definition) is 3. The zero-order valence-electron chi connectivity index (χ0n) is 18.5. The minimum absolute atomic E-state index is 0. The predicted molar refractivity (Wildman–Crippen MR) is 137 cm³/mol. The Morgan fingerprint density at radius 2 is 2.00 bits per heavy atom. The summed E-state index contributed by atoms with van der Waals surface area (Å²) in [5, 5.41) is 6.71. The lowest BCUT2D eigenvalue weighted by molar-refractivity contribution is -0.127. The molecule has 1 saturated heterocycles. The highest BCUT2D eigenvalue weighted by Crippen LogP contribution is 2.18. The van der Waals surface area contributed by atoms with E-state index in [0.29, 0.717) is 13.0 Å². The maximum absolute atomic E-state index is 12.4. The molecule has 2 heterocycles. The van der Waals surface area contributed by atoms with Crippen LogP contribution >= 0.6 is 24.0 Å². The third kappa shape index (κ3) is 8.12. The number of guanidine groups is 1. The zero-order valence-corrected chi connectivity index (χ0v) is 20.8. The Kier molecular flexibility index (Phi) is 10.8. The number of aliphatic imine (C=N–C) groups is 1. The second-order valence-corrected chi connectivity index (χ2v) is 7.84. The van der Waals surface area contributed by atoms with E-state index >= 15 is 0 Å². The Labute approximate surface area is 203 Å². The molecule has 2 aromatic rings. The number of halogens is 1. The van der Waals surface area contributed by atoms with Crippen molar-refractivity contribution < 1.29 is 4.79 Å². The molecule has 6 nitrogen and oxygen atoms in total. The molecule has 3 rings (SSSR count). The molecular formula is C24H34IN5O. The number of aryl methyl sites for hydroxylation is 1. The van der Waals surface area contributed by atoms with Gasteiger partial charge in [-0.2, -0.15) is 0 Å². The average molecular weight is 535 g/mol. The van der Waals surface area contributed by atoms with Crippen LogP contribution in [0.5, 0.6) is 0 Å². The monoisotopic (exact) mass is 535 g/mol. The van der Waals surface area contributed by atoms with Gasteiger partial charge < -0.3 is 15.5 Å². The first-order valence-electron chi connectivity index (χ1n) is 10.9. The van der Waals surface area contributed by atoms with Crippen LogP contribution in [-0.2, 0) is 17.6 Å². The Balaban J connectivity index is 0.00000341. The Hall–Kier alpha value is -2.16. The number of amides is 1. The van der Waals surface area contributed by atoms with E-state index in [1.807, 2.05) is 35.5 Å². The summed E-state index contributed by atoms with van der Waals surface area (Å²) in [6.07, 6.45) is 6.15. The molecule has 31 heavy (non-hydrogen) atoms. The molecule has 168 valence electrons. The summed E-state index contributed by atoms with van der Waals surface area (Å²) in [6, 6.07) is 12.4. The molecule has 1 atom stereocenters. The summed E-state index contributed by atoms with van der Waals surface area (Å²) < 4.78 is 0. The van der Waals surface area contributed by atoms with Crippen LogP contribution in [0.4, 0.5) is 0 Å². The summed E-state index contributed by atoms with van der Waals surface area (Å²) >= 11 is 0. The smallest absolute Gasteiger partial charge is 0.223 e. The maximum atomic E-state index is 12.4. The molecule has 0 bridgehead atoms. The van der Waals surface area contributed by atoms with Crippen molar-refractivity contribution in [1.29, 1.82) is 0 Å². The van der Waals surface area contributed by atoms with E-state index < -0.39 is 0 Å². The number of rotatable bonds is 9. The van der Waals surface area contributed by atoms with E-state index in [0.717, 1.165) is 45.0 Å². The third-order valence-corrected chi connectivity index (χ3v) is 5.48. The van der Waals surface area contributed by atoms with Crippen LogP contribution < -0.4 is 10.6 Å². The fourth-order valence-corrected chi connectivity index (χ4v) is 3.76. The lowest BCUT2D eigenvalue weighted by atomic mass is 10.1. The van der Waals surface area contributed by atoms with E-state index in [1.54, 1.807) is 0 Å². The van der Waals surface area contributed by atoms with Crippen molar-refractivity contribution in [2.24, 2.45) is 10.9 Å². The summed E-state index contributed by atoms with van der Waals surface area (Å²) in [5.74, 6) is 1.35. The third-order valence-electron chi connectivity index (χ3n) is 5.48. The number of nitrogens with zero attached hydrogens (tertiary/aromatic N) is 3. The molecule has 0 aliphatic carbocycles. The zero-order chi connectivity index (χ0) is 21.2. The van der Waals surface area contributed by atoms with Crippen LogP contribution in [0, 0.1) is 12.8 Å². The molecule has 0 saturated carbocycles. The molecule has 1 unspecified atom stereocenters. The number of carbonyl (C=O) groups excluding carboxylic acids is 1. The Morgan fingerprint density at radius 1 is 1.19 bits per heavy atom. The van der Waals surface area contributed by atoms with Crippen LogP contribution in [0.15, 0.2) is 53.8 Å². The van der Waals surface area contributed by atoms with Crippen molar-refractivity contribution in [1.82, 2.24) is 20.5 Å². The number of nitrogens with one attached hydrogen (secondary N) is 2. The van der Waals surface area contributed by atoms with E-state index in [4.69, 9.17) is 4.99 Å². The normalized spacial score (nSPS) is 16.2. The number of aromatic nitrogens is 1. The summed E-state index contributed by atoms with van der Waals surface area (Å²) in [4.78, 5) is 23.2. The summed E-state index contributed by atoms with van der Waals surface area (Å²) in [5.41, 5.74) is 3.78. The van der Waals surface area contributed by atoms with Crippen molar-refractivity contribution >= 4 is 35.8 Å². The Bertz CT molecular complexity index is 843. The number of benzene rings is 1. The van der Waals surface area contributed by atoms with Crippen LogP contribution in [0.2, 0.25) is 0 Å². The van der Waals surface area contributed by atoms with Crippen molar-refractivity contribution in [3.05, 3.63) is 65.5 Å². The second-order valence-electron chi connectivity index (χ2n) is 7.84.